The molecular formula is C31H34F3N7O2. The van der Waals surface area contributed by atoms with Crippen molar-refractivity contribution in [1.29, 1.82) is 5.41 Å². The summed E-state index contributed by atoms with van der Waals surface area (Å²) in [5.41, 5.74) is 8.37. The molecule has 1 unspecified atom stereocenters. The van der Waals surface area contributed by atoms with Gasteiger partial charge < -0.3 is 26.4 Å². The molecule has 12 heteroatoms. The molecule has 1 saturated heterocycles. The lowest BCUT2D eigenvalue weighted by atomic mass is 9.96. The molecule has 2 atom stereocenters. The van der Waals surface area contributed by atoms with E-state index >= 15 is 0 Å². The first-order valence-corrected chi connectivity index (χ1v) is 14.3. The van der Waals surface area contributed by atoms with E-state index in [0.29, 0.717) is 35.3 Å². The zero-order valence-corrected chi connectivity index (χ0v) is 23.5. The van der Waals surface area contributed by atoms with Crippen LogP contribution in [0, 0.1) is 5.41 Å². The number of fused-ring (bicyclic) bond motifs is 3. The van der Waals surface area contributed by atoms with Crippen LogP contribution in [-0.4, -0.2) is 50.7 Å². The predicted octanol–water partition coefficient (Wildman–Crippen LogP) is 5.59. The number of piperidine rings is 1. The molecule has 6 N–H and O–H groups in total. The number of nitrogens with zero attached hydrogens (tertiary/aromatic N) is 3. The number of aromatic nitrogens is 2. The summed E-state index contributed by atoms with van der Waals surface area (Å²) in [7, 11) is 0. The molecule has 43 heavy (non-hydrogen) atoms. The van der Waals surface area contributed by atoms with Gasteiger partial charge in [-0.05, 0) is 44.2 Å². The SMILES string of the molecule is N=C(c1ccc(C(O)Nc2cc(C(F)(F)F)ccn2)cc1)c1c(N)ncc2c1N[C@@H]1CCCN(C1)C(=O)CCCCC=C2. The number of aliphatic hydroxyl groups excluding tert-OH is 1. The number of allylic oxidation sites excluding steroid dienone is 1. The number of amides is 1. The average molecular weight is 594 g/mol. The average Bonchev–Trinajstić information content (AvgIpc) is 3.00. The maximum atomic E-state index is 13.1. The Labute approximate surface area is 247 Å². The van der Waals surface area contributed by atoms with E-state index in [1.54, 1.807) is 30.5 Å². The summed E-state index contributed by atoms with van der Waals surface area (Å²) in [4.78, 5) is 22.9. The smallest absolute Gasteiger partial charge is 0.383 e. The Balaban J connectivity index is 1.40. The van der Waals surface area contributed by atoms with Crippen LogP contribution in [0.25, 0.3) is 6.08 Å². The van der Waals surface area contributed by atoms with E-state index in [0.717, 1.165) is 62.5 Å². The molecule has 4 heterocycles. The van der Waals surface area contributed by atoms with Gasteiger partial charge in [0.25, 0.3) is 0 Å². The monoisotopic (exact) mass is 593 g/mol. The largest absolute Gasteiger partial charge is 0.416 e. The number of hydrogen-bond acceptors (Lipinski definition) is 8. The number of nitrogens with two attached hydrogens (primary N) is 1. The van der Waals surface area contributed by atoms with E-state index in [4.69, 9.17) is 11.1 Å². The number of anilines is 3. The minimum Gasteiger partial charge on any atom is -0.383 e. The number of rotatable bonds is 5. The minimum absolute atomic E-state index is 0.0213. The highest BCUT2D eigenvalue weighted by Crippen LogP contribution is 2.33. The van der Waals surface area contributed by atoms with Gasteiger partial charge in [-0.25, -0.2) is 9.97 Å². The Morgan fingerprint density at radius 3 is 2.72 bits per heavy atom. The molecule has 2 aliphatic rings. The van der Waals surface area contributed by atoms with Gasteiger partial charge >= 0.3 is 6.18 Å². The van der Waals surface area contributed by atoms with Crippen molar-refractivity contribution in [1.82, 2.24) is 14.9 Å². The van der Waals surface area contributed by atoms with E-state index < -0.39 is 18.0 Å². The van der Waals surface area contributed by atoms with Crippen LogP contribution in [0.15, 0.2) is 54.9 Å². The molecule has 9 nitrogen and oxygen atoms in total. The maximum absolute atomic E-state index is 13.1. The molecule has 1 aromatic carbocycles. The Morgan fingerprint density at radius 1 is 1.16 bits per heavy atom. The number of carbonyl (C=O) groups is 1. The third kappa shape index (κ3) is 7.14. The third-order valence-electron chi connectivity index (χ3n) is 7.71. The van der Waals surface area contributed by atoms with E-state index in [-0.39, 0.29) is 29.3 Å². The second-order valence-corrected chi connectivity index (χ2v) is 10.8. The molecule has 226 valence electrons. The molecule has 0 saturated carbocycles. The van der Waals surface area contributed by atoms with E-state index in [9.17, 15) is 23.1 Å². The lowest BCUT2D eigenvalue weighted by Gasteiger charge is -2.34. The van der Waals surface area contributed by atoms with Gasteiger partial charge in [0.15, 0.2) is 6.23 Å². The van der Waals surface area contributed by atoms with Gasteiger partial charge in [-0.2, -0.15) is 13.2 Å². The Bertz CT molecular complexity index is 1510. The summed E-state index contributed by atoms with van der Waals surface area (Å²) in [5.74, 6) is 0.216. The van der Waals surface area contributed by atoms with Crippen LogP contribution < -0.4 is 16.4 Å². The zero-order chi connectivity index (χ0) is 30.6. The van der Waals surface area contributed by atoms with Crippen LogP contribution in [-0.2, 0) is 11.0 Å². The summed E-state index contributed by atoms with van der Waals surface area (Å²) in [6.45, 7) is 1.30. The molecule has 3 aromatic rings. The van der Waals surface area contributed by atoms with Crippen LogP contribution in [0.3, 0.4) is 0 Å². The molecule has 2 aliphatic heterocycles. The number of aliphatic hydroxyl groups is 1. The zero-order valence-electron chi connectivity index (χ0n) is 23.5. The van der Waals surface area contributed by atoms with Crippen LogP contribution in [0.1, 0.15) is 72.6 Å². The van der Waals surface area contributed by atoms with Crippen LogP contribution in [0.4, 0.5) is 30.5 Å². The minimum atomic E-state index is -4.54. The predicted molar refractivity (Wildman–Crippen MR) is 160 cm³/mol. The summed E-state index contributed by atoms with van der Waals surface area (Å²) in [6, 6.07) is 8.09. The number of halogens is 3. The van der Waals surface area contributed by atoms with Crippen molar-refractivity contribution >= 4 is 35.0 Å². The highest BCUT2D eigenvalue weighted by Gasteiger charge is 2.31. The van der Waals surface area contributed by atoms with Gasteiger partial charge in [0, 0.05) is 54.6 Å². The number of pyridine rings is 2. The van der Waals surface area contributed by atoms with E-state index in [1.165, 1.54) is 0 Å². The van der Waals surface area contributed by atoms with Crippen molar-refractivity contribution < 1.29 is 23.1 Å². The van der Waals surface area contributed by atoms with Gasteiger partial charge in [0.05, 0.1) is 22.5 Å². The molecule has 2 aromatic heterocycles. The van der Waals surface area contributed by atoms with Crippen molar-refractivity contribution in [3.63, 3.8) is 0 Å². The van der Waals surface area contributed by atoms with Gasteiger partial charge in [-0.3, -0.25) is 10.2 Å². The molecule has 1 fully saturated rings. The third-order valence-corrected chi connectivity index (χ3v) is 7.71. The van der Waals surface area contributed by atoms with E-state index in [2.05, 4.69) is 20.6 Å². The highest BCUT2D eigenvalue weighted by atomic mass is 19.4. The lowest BCUT2D eigenvalue weighted by Crippen LogP contribution is -2.45. The number of alkyl halides is 3. The molecule has 2 bridgehead atoms. The number of benzene rings is 1. The highest BCUT2D eigenvalue weighted by molar-refractivity contribution is 6.17. The summed E-state index contributed by atoms with van der Waals surface area (Å²) < 4.78 is 39.2. The van der Waals surface area contributed by atoms with Crippen LogP contribution in [0.5, 0.6) is 0 Å². The van der Waals surface area contributed by atoms with Crippen molar-refractivity contribution in [2.75, 3.05) is 29.5 Å². The second-order valence-electron chi connectivity index (χ2n) is 10.8. The quantitative estimate of drug-likeness (QED) is 0.192. The summed E-state index contributed by atoms with van der Waals surface area (Å²) >= 11 is 0. The number of carbonyl (C=O) groups excluding carboxylic acids is 1. The molecule has 1 amide bonds. The van der Waals surface area contributed by atoms with Gasteiger partial charge in [0.2, 0.25) is 5.91 Å². The van der Waals surface area contributed by atoms with Crippen LogP contribution in [0.2, 0.25) is 0 Å². The first-order valence-electron chi connectivity index (χ1n) is 14.3. The number of hydrogen-bond donors (Lipinski definition) is 5. The van der Waals surface area contributed by atoms with Crippen molar-refractivity contribution in [2.45, 2.75) is 57.0 Å². The molecule has 0 spiro atoms. The Kier molecular flexibility index (Phi) is 8.95. The Morgan fingerprint density at radius 2 is 1.95 bits per heavy atom. The second kappa shape index (κ2) is 12.8. The fraction of sp³-hybridized carbons (Fsp3) is 0.355. The normalized spacial score (nSPS) is 18.4. The maximum Gasteiger partial charge on any atom is 0.416 e. The van der Waals surface area contributed by atoms with Gasteiger partial charge in [-0.1, -0.05) is 36.4 Å². The standard InChI is InChI=1S/C31H34F3N7O2/c32-31(33,34)22-13-14-37-24(16-22)40-30(43)20-11-9-19(10-12-20)27(35)26-28-21(17-38-29(26)36)6-3-1-2-4-8-25(42)41-15-5-7-23(18-41)39-28/h3,6,9-14,16-17,23,30,35,39,43H,1-2,4-5,7-8,15,18H2,(H2,36,38)(H,37,40)/t23-,30?/m1/s1. The fourth-order valence-corrected chi connectivity index (χ4v) is 5.39. The molecular weight excluding hydrogens is 559 g/mol. The van der Waals surface area contributed by atoms with Crippen molar-refractivity contribution in [3.05, 3.63) is 82.7 Å². The summed E-state index contributed by atoms with van der Waals surface area (Å²) in [6.07, 6.45) is 5.65. The van der Waals surface area contributed by atoms with E-state index in [1.807, 2.05) is 17.1 Å². The first-order chi connectivity index (χ1) is 20.6. The molecule has 0 aliphatic carbocycles. The Hall–Kier alpha value is -4.45. The van der Waals surface area contributed by atoms with Gasteiger partial charge in [0.1, 0.15) is 11.6 Å². The van der Waals surface area contributed by atoms with Crippen LogP contribution >= 0.6 is 0 Å². The molecule has 0 radical (unpaired) electrons. The fourth-order valence-electron chi connectivity index (χ4n) is 5.39. The lowest BCUT2D eigenvalue weighted by molar-refractivity contribution is -0.137. The van der Waals surface area contributed by atoms with Gasteiger partial charge in [-0.15, -0.1) is 0 Å². The number of nitrogen functional groups attached to an aromatic ring is 1. The molecule has 5 rings (SSSR count). The first kappa shape index (κ1) is 30.0. The van der Waals surface area contributed by atoms with Crippen molar-refractivity contribution in [3.8, 4) is 0 Å². The number of nitrogens with one attached hydrogen (secondary N) is 3. The summed E-state index contributed by atoms with van der Waals surface area (Å²) in [5, 5.41) is 25.9. The van der Waals surface area contributed by atoms with Crippen molar-refractivity contribution in [2.24, 2.45) is 0 Å². The topological polar surface area (TPSA) is 140 Å².